The highest BCUT2D eigenvalue weighted by Gasteiger charge is 1.89. The van der Waals surface area contributed by atoms with Gasteiger partial charge >= 0.3 is 0 Å². The van der Waals surface area contributed by atoms with E-state index in [0.29, 0.717) is 0 Å². The first-order chi connectivity index (χ1) is 3.80. The first-order valence-electron chi connectivity index (χ1n) is 1.97. The summed E-state index contributed by atoms with van der Waals surface area (Å²) < 4.78 is 20.2. The third-order valence-electron chi connectivity index (χ3n) is 0.694. The largest absolute Gasteiger partial charge is 0.248 e. The van der Waals surface area contributed by atoms with E-state index in [-0.39, 0.29) is 0 Å². The van der Waals surface area contributed by atoms with Crippen molar-refractivity contribution in [1.29, 1.82) is 0 Å². The summed E-state index contributed by atoms with van der Waals surface area (Å²) in [5, 5.41) is 3.31. The first-order valence-corrected chi connectivity index (χ1v) is 4.91. The van der Waals surface area contributed by atoms with E-state index >= 15 is 0 Å². The van der Waals surface area contributed by atoms with E-state index < -0.39 is 18.7 Å². The molecule has 0 amide bonds. The quantitative estimate of drug-likeness (QED) is 0.499. The highest BCUT2D eigenvalue weighted by Crippen LogP contribution is 1.98. The molecule has 0 aromatic rings. The zero-order valence-corrected chi connectivity index (χ0v) is 5.58. The minimum absolute atomic E-state index is 0.623. The topological polar surface area (TPSA) is 34.1 Å². The van der Waals surface area contributed by atoms with Crippen molar-refractivity contribution >= 4 is 18.7 Å². The summed E-state index contributed by atoms with van der Waals surface area (Å²) in [4.78, 5) is 0. The van der Waals surface area contributed by atoms with Gasteiger partial charge in [0.05, 0.1) is 0 Å². The van der Waals surface area contributed by atoms with Crippen molar-refractivity contribution in [3.05, 3.63) is 23.0 Å². The van der Waals surface area contributed by atoms with Crippen LogP contribution in [0, 0.1) is 0 Å². The zero-order valence-electron chi connectivity index (χ0n) is 3.94. The predicted molar refractivity (Wildman–Crippen MR) is 34.6 cm³/mol. The summed E-state index contributed by atoms with van der Waals surface area (Å²) in [6.07, 6.45) is 3.47. The molecule has 0 aromatic carbocycles. The number of rotatable bonds is 0. The molecule has 0 unspecified atom stereocenters. The molecule has 1 aliphatic heterocycles. The van der Waals surface area contributed by atoms with Crippen LogP contribution in [0.1, 0.15) is 0 Å². The average molecular weight is 148 g/mol. The fourth-order valence-electron chi connectivity index (χ4n) is 0.382. The number of hydrogen-bond acceptors (Lipinski definition) is 2. The van der Waals surface area contributed by atoms with Gasteiger partial charge in [-0.3, -0.25) is 0 Å². The molecule has 0 fully saturated rings. The highest BCUT2D eigenvalue weighted by molar-refractivity contribution is 8.37. The maximum atomic E-state index is 10.1. The Bertz CT molecular complexity index is 246. The maximum Gasteiger partial charge on any atom is 0.248 e. The lowest BCUT2D eigenvalue weighted by atomic mass is 10.6. The maximum absolute atomic E-state index is 10.1. The molecule has 0 bridgehead atoms. The molecular weight excluding hydrogens is 144 g/mol. The lowest BCUT2D eigenvalue weighted by molar-refractivity contribution is 0.628. The van der Waals surface area contributed by atoms with E-state index in [4.69, 9.17) is 0 Å². The van der Waals surface area contributed by atoms with Crippen LogP contribution in [0.5, 0.6) is 0 Å². The first kappa shape index (κ1) is 5.78. The van der Waals surface area contributed by atoms with Crippen LogP contribution in [0.4, 0.5) is 0 Å². The van der Waals surface area contributed by atoms with Crippen molar-refractivity contribution in [2.24, 2.45) is 0 Å². The van der Waals surface area contributed by atoms with Crippen LogP contribution in [-0.4, -0.2) is 8.42 Å². The third kappa shape index (κ3) is 1.08. The minimum Gasteiger partial charge on any atom is -0.177 e. The number of allylic oxidation sites excluding steroid dienone is 2. The van der Waals surface area contributed by atoms with Crippen molar-refractivity contribution in [3.8, 4) is 0 Å². The van der Waals surface area contributed by atoms with Crippen molar-refractivity contribution in [2.45, 2.75) is 0 Å². The normalized spacial score (nSPS) is 17.5. The Kier molecular flexibility index (Phi) is 1.65. The Labute approximate surface area is 50.7 Å². The molecule has 1 aliphatic rings. The standard InChI is InChI=1S/C4H4O2S2/c5-8(6)7-3-1-2-4-7/h1-4H. The van der Waals surface area contributed by atoms with E-state index in [0.717, 1.165) is 0 Å². The molecule has 8 heavy (non-hydrogen) atoms. The van der Waals surface area contributed by atoms with Gasteiger partial charge < -0.3 is 0 Å². The molecule has 1 rings (SSSR count). The second-order valence-corrected chi connectivity index (χ2v) is 4.77. The zero-order chi connectivity index (χ0) is 5.98. The van der Waals surface area contributed by atoms with E-state index in [9.17, 15) is 8.42 Å². The molecule has 0 saturated heterocycles. The minimum atomic E-state index is -1.94. The third-order valence-corrected chi connectivity index (χ3v) is 3.47. The Morgan fingerprint density at radius 1 is 1.12 bits per heavy atom. The van der Waals surface area contributed by atoms with Crippen molar-refractivity contribution < 1.29 is 8.42 Å². The van der Waals surface area contributed by atoms with Crippen LogP contribution in [-0.2, 0) is 18.7 Å². The lowest BCUT2D eigenvalue weighted by Gasteiger charge is -1.72. The predicted octanol–water partition coefficient (Wildman–Crippen LogP) is 0.440. The van der Waals surface area contributed by atoms with Crippen molar-refractivity contribution in [3.63, 3.8) is 0 Å². The van der Waals surface area contributed by atoms with Crippen LogP contribution in [0.25, 0.3) is 0 Å². The highest BCUT2D eigenvalue weighted by atomic mass is 32.9. The van der Waals surface area contributed by atoms with Gasteiger partial charge in [0.2, 0.25) is 9.26 Å². The van der Waals surface area contributed by atoms with Gasteiger partial charge in [-0.05, 0) is 20.3 Å². The summed E-state index contributed by atoms with van der Waals surface area (Å²) in [6.45, 7) is 0. The Balaban J connectivity index is 3.29. The molecule has 44 valence electrons. The molecule has 0 aromatic heterocycles. The van der Waals surface area contributed by atoms with Gasteiger partial charge in [-0.15, -0.1) is 0 Å². The molecule has 4 heteroatoms. The van der Waals surface area contributed by atoms with Gasteiger partial charge in [0.25, 0.3) is 0 Å². The fraction of sp³-hybridized carbons (Fsp3) is 0. The number of hydrogen-bond donors (Lipinski definition) is 0. The van der Waals surface area contributed by atoms with E-state index in [2.05, 4.69) is 0 Å². The summed E-state index contributed by atoms with van der Waals surface area (Å²) in [5.74, 6) is 0. The van der Waals surface area contributed by atoms with Gasteiger partial charge in [-0.2, -0.15) is 8.42 Å². The molecule has 0 spiro atoms. The summed E-state index contributed by atoms with van der Waals surface area (Å²) >= 11 is 0. The van der Waals surface area contributed by atoms with Crippen LogP contribution in [0.3, 0.4) is 0 Å². The molecule has 0 aliphatic carbocycles. The van der Waals surface area contributed by atoms with Crippen molar-refractivity contribution in [1.82, 2.24) is 0 Å². The van der Waals surface area contributed by atoms with Gasteiger partial charge in [-0.1, -0.05) is 12.2 Å². The molecule has 1 heterocycles. The van der Waals surface area contributed by atoms with Gasteiger partial charge in [0.15, 0.2) is 0 Å². The van der Waals surface area contributed by atoms with E-state index in [1.165, 1.54) is 0 Å². The second-order valence-electron chi connectivity index (χ2n) is 1.19. The molecular formula is C4H4O2S2. The van der Waals surface area contributed by atoms with Gasteiger partial charge in [0, 0.05) is 0 Å². The Morgan fingerprint density at radius 2 is 1.62 bits per heavy atom. The molecule has 0 N–H and O–H groups in total. The van der Waals surface area contributed by atoms with Gasteiger partial charge in [0.1, 0.15) is 0 Å². The SMILES string of the molecule is O=S(=O)=S1C=CC=C1. The molecule has 0 saturated carbocycles. The Hall–Kier alpha value is -0.350. The van der Waals surface area contributed by atoms with Crippen LogP contribution < -0.4 is 0 Å². The summed E-state index contributed by atoms with van der Waals surface area (Å²) in [6, 6.07) is 0. The van der Waals surface area contributed by atoms with Gasteiger partial charge in [-0.25, -0.2) is 0 Å². The second kappa shape index (κ2) is 2.28. The Morgan fingerprint density at radius 3 is 1.88 bits per heavy atom. The van der Waals surface area contributed by atoms with Crippen molar-refractivity contribution in [2.75, 3.05) is 0 Å². The van der Waals surface area contributed by atoms with E-state index in [1.54, 1.807) is 23.0 Å². The monoisotopic (exact) mass is 148 g/mol. The molecule has 0 atom stereocenters. The summed E-state index contributed by atoms with van der Waals surface area (Å²) in [7, 11) is -2.56. The van der Waals surface area contributed by atoms with Crippen LogP contribution >= 0.6 is 0 Å². The lowest BCUT2D eigenvalue weighted by Crippen LogP contribution is -1.70. The van der Waals surface area contributed by atoms with E-state index in [1.807, 2.05) is 0 Å². The summed E-state index contributed by atoms with van der Waals surface area (Å²) in [5.41, 5.74) is 0. The molecule has 2 nitrogen and oxygen atoms in total. The average Bonchev–Trinajstić information content (AvgIpc) is 2.12. The van der Waals surface area contributed by atoms with Crippen LogP contribution in [0.15, 0.2) is 23.0 Å². The smallest absolute Gasteiger partial charge is 0.177 e. The molecule has 0 radical (unpaired) electrons. The van der Waals surface area contributed by atoms with Crippen LogP contribution in [0.2, 0.25) is 0 Å². The fourth-order valence-corrected chi connectivity index (χ4v) is 2.07.